The van der Waals surface area contributed by atoms with Crippen molar-refractivity contribution in [3.05, 3.63) is 41.7 Å². The van der Waals surface area contributed by atoms with Crippen LogP contribution in [0.25, 0.3) is 0 Å². The first-order valence-corrected chi connectivity index (χ1v) is 8.14. The van der Waals surface area contributed by atoms with E-state index in [9.17, 15) is 4.79 Å². The molecule has 116 valence electrons. The molecule has 0 radical (unpaired) electrons. The van der Waals surface area contributed by atoms with Crippen LogP contribution in [0.15, 0.2) is 40.4 Å². The number of anilines is 1. The maximum Gasteiger partial charge on any atom is 0.224 e. The number of nitrogens with zero attached hydrogens (tertiary/aromatic N) is 2. The molecule has 1 aromatic heterocycles. The predicted octanol–water partition coefficient (Wildman–Crippen LogP) is 4.23. The molecule has 22 heavy (non-hydrogen) atoms. The third-order valence-electron chi connectivity index (χ3n) is 2.90. The van der Waals surface area contributed by atoms with E-state index < -0.39 is 0 Å². The third-order valence-corrected chi connectivity index (χ3v) is 3.78. The second kappa shape index (κ2) is 7.40. The fraction of sp³-hybridized carbons (Fsp3) is 0.353. The predicted molar refractivity (Wildman–Crippen MR) is 90.2 cm³/mol. The van der Waals surface area contributed by atoms with Gasteiger partial charge < -0.3 is 5.32 Å². The zero-order chi connectivity index (χ0) is 16.1. The van der Waals surface area contributed by atoms with Crippen LogP contribution in [0.3, 0.4) is 0 Å². The molecule has 1 amide bonds. The van der Waals surface area contributed by atoms with E-state index in [0.29, 0.717) is 12.3 Å². The van der Waals surface area contributed by atoms with Crippen molar-refractivity contribution in [1.82, 2.24) is 9.97 Å². The molecule has 2 aromatic rings. The van der Waals surface area contributed by atoms with Crippen LogP contribution in [0, 0.1) is 19.8 Å². The minimum atomic E-state index is 0.0491. The molecule has 5 heteroatoms. The molecule has 0 fully saturated rings. The summed E-state index contributed by atoms with van der Waals surface area (Å²) in [6.07, 6.45) is 0.535. The number of aryl methyl sites for hydroxylation is 2. The maximum absolute atomic E-state index is 11.7. The smallest absolute Gasteiger partial charge is 0.224 e. The van der Waals surface area contributed by atoms with Gasteiger partial charge in [0.1, 0.15) is 0 Å². The van der Waals surface area contributed by atoms with Crippen molar-refractivity contribution in [1.29, 1.82) is 0 Å². The summed E-state index contributed by atoms with van der Waals surface area (Å²) in [6.45, 7) is 7.99. The highest BCUT2D eigenvalue weighted by Gasteiger charge is 2.06. The van der Waals surface area contributed by atoms with Crippen LogP contribution in [0.1, 0.15) is 31.7 Å². The molecular weight excluding hydrogens is 294 g/mol. The lowest BCUT2D eigenvalue weighted by atomic mass is 10.1. The number of hydrogen-bond acceptors (Lipinski definition) is 4. The van der Waals surface area contributed by atoms with E-state index >= 15 is 0 Å². The average molecular weight is 315 g/mol. The first-order valence-electron chi connectivity index (χ1n) is 7.32. The normalized spacial score (nSPS) is 10.8. The molecule has 0 saturated carbocycles. The lowest BCUT2D eigenvalue weighted by molar-refractivity contribution is -0.116. The molecule has 1 N–H and O–H groups in total. The summed E-state index contributed by atoms with van der Waals surface area (Å²) < 4.78 is 0. The Bertz CT molecular complexity index is 633. The minimum Gasteiger partial charge on any atom is -0.326 e. The van der Waals surface area contributed by atoms with Crippen molar-refractivity contribution in [3.8, 4) is 0 Å². The average Bonchev–Trinajstić information content (AvgIpc) is 2.39. The molecule has 0 bridgehead atoms. The summed E-state index contributed by atoms with van der Waals surface area (Å²) in [5.74, 6) is 0.407. The Morgan fingerprint density at radius 2 is 1.73 bits per heavy atom. The molecular formula is C17H21N3OS. The fourth-order valence-electron chi connectivity index (χ4n) is 2.03. The monoisotopic (exact) mass is 315 g/mol. The molecule has 1 aromatic carbocycles. The largest absolute Gasteiger partial charge is 0.326 e. The zero-order valence-corrected chi connectivity index (χ0v) is 14.2. The molecule has 4 nitrogen and oxygen atoms in total. The number of benzene rings is 1. The van der Waals surface area contributed by atoms with Gasteiger partial charge in [-0.1, -0.05) is 13.8 Å². The number of aromatic nitrogens is 2. The molecule has 0 aliphatic heterocycles. The third kappa shape index (κ3) is 5.15. The van der Waals surface area contributed by atoms with Crippen LogP contribution in [0.4, 0.5) is 5.69 Å². The van der Waals surface area contributed by atoms with E-state index in [0.717, 1.165) is 27.1 Å². The number of hydrogen-bond donors (Lipinski definition) is 1. The summed E-state index contributed by atoms with van der Waals surface area (Å²) in [7, 11) is 0. The van der Waals surface area contributed by atoms with Crippen molar-refractivity contribution in [2.24, 2.45) is 5.92 Å². The van der Waals surface area contributed by atoms with Crippen LogP contribution in [0.2, 0.25) is 0 Å². The van der Waals surface area contributed by atoms with Gasteiger partial charge in [0.25, 0.3) is 0 Å². The number of carbonyl (C=O) groups excluding carboxylic acids is 1. The standard InChI is InChI=1S/C17H21N3OS/c1-11(2)9-16(21)20-14-5-7-15(8-6-14)22-17-18-12(3)10-13(4)19-17/h5-8,10-11H,9H2,1-4H3,(H,20,21). The van der Waals surface area contributed by atoms with Crippen molar-refractivity contribution in [3.63, 3.8) is 0 Å². The zero-order valence-electron chi connectivity index (χ0n) is 13.4. The Labute approximate surface area is 135 Å². The molecule has 0 saturated heterocycles. The molecule has 0 aliphatic rings. The molecule has 0 atom stereocenters. The van der Waals surface area contributed by atoms with Crippen LogP contribution in [0.5, 0.6) is 0 Å². The Morgan fingerprint density at radius 1 is 1.14 bits per heavy atom. The highest BCUT2D eigenvalue weighted by Crippen LogP contribution is 2.26. The summed E-state index contributed by atoms with van der Waals surface area (Å²) in [5.41, 5.74) is 2.75. The van der Waals surface area contributed by atoms with Gasteiger partial charge in [0, 0.05) is 28.4 Å². The van der Waals surface area contributed by atoms with Crippen molar-refractivity contribution in [2.45, 2.75) is 44.2 Å². The van der Waals surface area contributed by atoms with Gasteiger partial charge in [-0.3, -0.25) is 4.79 Å². The van der Waals surface area contributed by atoms with Crippen molar-refractivity contribution >= 4 is 23.4 Å². The summed E-state index contributed by atoms with van der Waals surface area (Å²) in [4.78, 5) is 21.6. The highest BCUT2D eigenvalue weighted by molar-refractivity contribution is 7.99. The Hall–Kier alpha value is -1.88. The Kier molecular flexibility index (Phi) is 5.55. The quantitative estimate of drug-likeness (QED) is 0.839. The van der Waals surface area contributed by atoms with Gasteiger partial charge in [0.15, 0.2) is 5.16 Å². The van der Waals surface area contributed by atoms with Gasteiger partial charge in [-0.15, -0.1) is 0 Å². The number of rotatable bonds is 5. The number of carbonyl (C=O) groups is 1. The Balaban J connectivity index is 2.01. The lowest BCUT2D eigenvalue weighted by Crippen LogP contribution is -2.13. The van der Waals surface area contributed by atoms with Crippen LogP contribution in [-0.2, 0) is 4.79 Å². The first kappa shape index (κ1) is 16.5. The van der Waals surface area contributed by atoms with E-state index in [4.69, 9.17) is 0 Å². The molecule has 1 heterocycles. The van der Waals surface area contributed by atoms with Gasteiger partial charge in [0.05, 0.1) is 0 Å². The van der Waals surface area contributed by atoms with Crippen molar-refractivity contribution in [2.75, 3.05) is 5.32 Å². The van der Waals surface area contributed by atoms with Gasteiger partial charge in [-0.25, -0.2) is 9.97 Å². The van der Waals surface area contributed by atoms with Crippen LogP contribution < -0.4 is 5.32 Å². The summed E-state index contributed by atoms with van der Waals surface area (Å²) >= 11 is 1.52. The van der Waals surface area contributed by atoms with E-state index in [1.807, 2.05) is 58.0 Å². The van der Waals surface area contributed by atoms with Gasteiger partial charge in [-0.2, -0.15) is 0 Å². The molecule has 2 rings (SSSR count). The van der Waals surface area contributed by atoms with Gasteiger partial charge >= 0.3 is 0 Å². The Morgan fingerprint density at radius 3 is 2.27 bits per heavy atom. The van der Waals surface area contributed by atoms with E-state index in [1.54, 1.807) is 0 Å². The number of nitrogens with one attached hydrogen (secondary N) is 1. The van der Waals surface area contributed by atoms with Crippen LogP contribution >= 0.6 is 11.8 Å². The number of amides is 1. The maximum atomic E-state index is 11.7. The van der Waals surface area contributed by atoms with E-state index in [1.165, 1.54) is 11.8 Å². The minimum absolute atomic E-state index is 0.0491. The fourth-order valence-corrected chi connectivity index (χ4v) is 2.90. The van der Waals surface area contributed by atoms with E-state index in [-0.39, 0.29) is 5.91 Å². The van der Waals surface area contributed by atoms with Crippen LogP contribution in [-0.4, -0.2) is 15.9 Å². The molecule has 0 aliphatic carbocycles. The topological polar surface area (TPSA) is 54.9 Å². The summed E-state index contributed by atoms with van der Waals surface area (Å²) in [5, 5.41) is 3.65. The first-order chi connectivity index (χ1) is 10.4. The van der Waals surface area contributed by atoms with E-state index in [2.05, 4.69) is 15.3 Å². The van der Waals surface area contributed by atoms with Gasteiger partial charge in [-0.05, 0) is 61.9 Å². The highest BCUT2D eigenvalue weighted by atomic mass is 32.2. The van der Waals surface area contributed by atoms with Gasteiger partial charge in [0.2, 0.25) is 5.91 Å². The van der Waals surface area contributed by atoms with Crippen molar-refractivity contribution < 1.29 is 4.79 Å². The molecule has 0 unspecified atom stereocenters. The SMILES string of the molecule is Cc1cc(C)nc(Sc2ccc(NC(=O)CC(C)C)cc2)n1. The second-order valence-electron chi connectivity index (χ2n) is 5.71. The summed E-state index contributed by atoms with van der Waals surface area (Å²) in [6, 6.07) is 9.71. The molecule has 0 spiro atoms. The second-order valence-corrected chi connectivity index (χ2v) is 6.75. The lowest BCUT2D eigenvalue weighted by Gasteiger charge is -2.08.